The van der Waals surface area contributed by atoms with Crippen LogP contribution in [0.5, 0.6) is 0 Å². The van der Waals surface area contributed by atoms with Crippen molar-refractivity contribution in [3.63, 3.8) is 0 Å². The first kappa shape index (κ1) is 13.6. The van der Waals surface area contributed by atoms with Crippen LogP contribution in [0.15, 0.2) is 18.2 Å². The highest BCUT2D eigenvalue weighted by Crippen LogP contribution is 2.25. The first-order valence-corrected chi connectivity index (χ1v) is 7.02. The summed E-state index contributed by atoms with van der Waals surface area (Å²) in [5.41, 5.74) is 10.3. The van der Waals surface area contributed by atoms with E-state index in [4.69, 9.17) is 5.73 Å². The molecule has 1 aliphatic heterocycles. The fourth-order valence-electron chi connectivity index (χ4n) is 2.93. The SMILES string of the molecule is Cc1ccc(C)c(C(N)CN2CC(C)C(C)C2)c1. The molecular weight excluding hydrogens is 220 g/mol. The van der Waals surface area contributed by atoms with E-state index >= 15 is 0 Å². The highest BCUT2D eigenvalue weighted by Gasteiger charge is 2.27. The van der Waals surface area contributed by atoms with Gasteiger partial charge in [0.15, 0.2) is 0 Å². The van der Waals surface area contributed by atoms with Gasteiger partial charge in [-0.1, -0.05) is 37.6 Å². The second-order valence-corrected chi connectivity index (χ2v) is 6.14. The number of nitrogens with zero attached hydrogens (tertiary/aromatic N) is 1. The zero-order valence-electron chi connectivity index (χ0n) is 12.1. The molecule has 3 unspecified atom stereocenters. The molecule has 2 N–H and O–H groups in total. The summed E-state index contributed by atoms with van der Waals surface area (Å²) in [6.07, 6.45) is 0. The molecule has 1 aromatic carbocycles. The quantitative estimate of drug-likeness (QED) is 0.888. The van der Waals surface area contributed by atoms with Gasteiger partial charge in [-0.05, 0) is 36.8 Å². The van der Waals surface area contributed by atoms with E-state index in [1.54, 1.807) is 0 Å². The molecule has 0 saturated carbocycles. The Morgan fingerprint density at radius 2 is 1.83 bits per heavy atom. The van der Waals surface area contributed by atoms with Gasteiger partial charge >= 0.3 is 0 Å². The van der Waals surface area contributed by atoms with E-state index < -0.39 is 0 Å². The van der Waals surface area contributed by atoms with Crippen LogP contribution in [0.25, 0.3) is 0 Å². The molecule has 1 aliphatic rings. The van der Waals surface area contributed by atoms with E-state index in [0.717, 1.165) is 18.4 Å². The number of hydrogen-bond acceptors (Lipinski definition) is 2. The maximum absolute atomic E-state index is 6.39. The summed E-state index contributed by atoms with van der Waals surface area (Å²) in [4.78, 5) is 2.52. The van der Waals surface area contributed by atoms with Crippen molar-refractivity contribution in [2.45, 2.75) is 33.7 Å². The fourth-order valence-corrected chi connectivity index (χ4v) is 2.93. The molecule has 0 spiro atoms. The molecule has 2 heteroatoms. The first-order chi connectivity index (χ1) is 8.47. The lowest BCUT2D eigenvalue weighted by Gasteiger charge is -2.22. The Morgan fingerprint density at radius 1 is 1.22 bits per heavy atom. The molecular formula is C16H26N2. The largest absolute Gasteiger partial charge is 0.323 e. The lowest BCUT2D eigenvalue weighted by molar-refractivity contribution is 0.302. The van der Waals surface area contributed by atoms with Gasteiger partial charge < -0.3 is 10.6 Å². The highest BCUT2D eigenvalue weighted by atomic mass is 15.2. The van der Waals surface area contributed by atoms with Gasteiger partial charge in [0.05, 0.1) is 0 Å². The van der Waals surface area contributed by atoms with Crippen LogP contribution >= 0.6 is 0 Å². The third-order valence-corrected chi connectivity index (χ3v) is 4.35. The van der Waals surface area contributed by atoms with Gasteiger partial charge in [-0.3, -0.25) is 0 Å². The van der Waals surface area contributed by atoms with E-state index in [1.807, 2.05) is 0 Å². The van der Waals surface area contributed by atoms with Gasteiger partial charge in [-0.2, -0.15) is 0 Å². The lowest BCUT2D eigenvalue weighted by atomic mass is 9.99. The second-order valence-electron chi connectivity index (χ2n) is 6.14. The molecule has 0 aromatic heterocycles. The van der Waals surface area contributed by atoms with Crippen LogP contribution in [-0.2, 0) is 0 Å². The van der Waals surface area contributed by atoms with Crippen LogP contribution in [0.3, 0.4) is 0 Å². The lowest BCUT2D eigenvalue weighted by Crippen LogP contribution is -2.31. The van der Waals surface area contributed by atoms with Gasteiger partial charge in [0.1, 0.15) is 0 Å². The molecule has 0 radical (unpaired) electrons. The highest BCUT2D eigenvalue weighted by molar-refractivity contribution is 5.33. The number of likely N-dealkylation sites (tertiary alicyclic amines) is 1. The third-order valence-electron chi connectivity index (χ3n) is 4.35. The number of hydrogen-bond donors (Lipinski definition) is 1. The molecule has 0 amide bonds. The van der Waals surface area contributed by atoms with Gasteiger partial charge in [-0.15, -0.1) is 0 Å². The standard InChI is InChI=1S/C16H26N2/c1-11-5-6-12(2)15(7-11)16(17)10-18-8-13(3)14(4)9-18/h5-7,13-14,16H,8-10,17H2,1-4H3. The van der Waals surface area contributed by atoms with Crippen molar-refractivity contribution in [3.8, 4) is 0 Å². The normalized spacial score (nSPS) is 26.5. The number of rotatable bonds is 3. The zero-order valence-corrected chi connectivity index (χ0v) is 12.1. The molecule has 1 heterocycles. The molecule has 2 nitrogen and oxygen atoms in total. The van der Waals surface area contributed by atoms with Crippen molar-refractivity contribution in [1.29, 1.82) is 0 Å². The van der Waals surface area contributed by atoms with Crippen LogP contribution in [-0.4, -0.2) is 24.5 Å². The second kappa shape index (κ2) is 5.41. The summed E-state index contributed by atoms with van der Waals surface area (Å²) in [6, 6.07) is 6.72. The van der Waals surface area contributed by atoms with Crippen molar-refractivity contribution >= 4 is 0 Å². The Kier molecular flexibility index (Phi) is 4.08. The Balaban J connectivity index is 2.04. The molecule has 18 heavy (non-hydrogen) atoms. The average Bonchev–Trinajstić information content (AvgIpc) is 2.61. The Labute approximate surface area is 111 Å². The molecule has 2 rings (SSSR count). The molecule has 0 bridgehead atoms. The van der Waals surface area contributed by atoms with E-state index in [0.29, 0.717) is 0 Å². The molecule has 100 valence electrons. The van der Waals surface area contributed by atoms with Crippen molar-refractivity contribution < 1.29 is 0 Å². The van der Waals surface area contributed by atoms with Crippen LogP contribution in [0, 0.1) is 25.7 Å². The summed E-state index contributed by atoms with van der Waals surface area (Å²) in [5, 5.41) is 0. The summed E-state index contributed by atoms with van der Waals surface area (Å²) in [6.45, 7) is 12.3. The smallest absolute Gasteiger partial charge is 0.0427 e. The minimum absolute atomic E-state index is 0.141. The van der Waals surface area contributed by atoms with Crippen LogP contribution in [0.1, 0.15) is 36.6 Å². The topological polar surface area (TPSA) is 29.3 Å². The average molecular weight is 246 g/mol. The molecule has 1 saturated heterocycles. The maximum atomic E-state index is 6.39. The number of nitrogens with two attached hydrogens (primary N) is 1. The van der Waals surface area contributed by atoms with Crippen molar-refractivity contribution in [2.24, 2.45) is 17.6 Å². The summed E-state index contributed by atoms with van der Waals surface area (Å²) in [7, 11) is 0. The van der Waals surface area contributed by atoms with Crippen molar-refractivity contribution in [3.05, 3.63) is 34.9 Å². The van der Waals surface area contributed by atoms with Gasteiger partial charge in [-0.25, -0.2) is 0 Å². The summed E-state index contributed by atoms with van der Waals surface area (Å²) in [5.74, 6) is 1.60. The maximum Gasteiger partial charge on any atom is 0.0427 e. The minimum atomic E-state index is 0.141. The third kappa shape index (κ3) is 2.93. The van der Waals surface area contributed by atoms with Gasteiger partial charge in [0.25, 0.3) is 0 Å². The van der Waals surface area contributed by atoms with Gasteiger partial charge in [0, 0.05) is 25.7 Å². The van der Waals surface area contributed by atoms with Crippen molar-refractivity contribution in [1.82, 2.24) is 4.90 Å². The number of aryl methyl sites for hydroxylation is 2. The van der Waals surface area contributed by atoms with E-state index in [2.05, 4.69) is 50.8 Å². The van der Waals surface area contributed by atoms with E-state index in [-0.39, 0.29) is 6.04 Å². The first-order valence-electron chi connectivity index (χ1n) is 7.02. The monoisotopic (exact) mass is 246 g/mol. The zero-order chi connectivity index (χ0) is 13.3. The molecule has 0 aliphatic carbocycles. The molecule has 1 fully saturated rings. The van der Waals surface area contributed by atoms with Crippen molar-refractivity contribution in [2.75, 3.05) is 19.6 Å². The minimum Gasteiger partial charge on any atom is -0.323 e. The van der Waals surface area contributed by atoms with Crippen LogP contribution in [0.2, 0.25) is 0 Å². The van der Waals surface area contributed by atoms with Gasteiger partial charge in [0.2, 0.25) is 0 Å². The Bertz CT molecular complexity index is 404. The summed E-state index contributed by atoms with van der Waals surface area (Å²) < 4.78 is 0. The predicted molar refractivity (Wildman–Crippen MR) is 77.6 cm³/mol. The fraction of sp³-hybridized carbons (Fsp3) is 0.625. The Hall–Kier alpha value is -0.860. The molecule has 1 aromatic rings. The van der Waals surface area contributed by atoms with Crippen LogP contribution < -0.4 is 5.73 Å². The summed E-state index contributed by atoms with van der Waals surface area (Å²) >= 11 is 0. The Morgan fingerprint density at radius 3 is 2.44 bits per heavy atom. The van der Waals surface area contributed by atoms with E-state index in [1.165, 1.54) is 29.8 Å². The van der Waals surface area contributed by atoms with E-state index in [9.17, 15) is 0 Å². The predicted octanol–water partition coefficient (Wildman–Crippen LogP) is 2.89. The number of benzene rings is 1. The molecule has 3 atom stereocenters. The van der Waals surface area contributed by atoms with Crippen LogP contribution in [0.4, 0.5) is 0 Å².